The van der Waals surface area contributed by atoms with Crippen molar-refractivity contribution in [1.29, 1.82) is 0 Å². The number of phenolic OH excluding ortho intramolecular Hbond substituents is 1. The number of esters is 1. The fourth-order valence-electron chi connectivity index (χ4n) is 6.87. The molecule has 12 heteroatoms. The van der Waals surface area contributed by atoms with Crippen molar-refractivity contribution in [2.45, 2.75) is 57.1 Å². The maximum Gasteiger partial charge on any atom is 0.308 e. The predicted octanol–water partition coefficient (Wildman–Crippen LogP) is 3.63. The van der Waals surface area contributed by atoms with Gasteiger partial charge in [0.1, 0.15) is 35.6 Å². The summed E-state index contributed by atoms with van der Waals surface area (Å²) in [6.45, 7) is 2.71. The van der Waals surface area contributed by atoms with Gasteiger partial charge in [-0.1, -0.05) is 60.7 Å². The molecule has 52 heavy (non-hydrogen) atoms. The molecular weight excluding hydrogens is 668 g/mol. The summed E-state index contributed by atoms with van der Waals surface area (Å²) in [6, 6.07) is 24.0. The van der Waals surface area contributed by atoms with Gasteiger partial charge in [0.2, 0.25) is 6.29 Å². The van der Waals surface area contributed by atoms with Gasteiger partial charge in [0, 0.05) is 41.2 Å². The van der Waals surface area contributed by atoms with Crippen LogP contribution in [0.1, 0.15) is 68.5 Å². The lowest BCUT2D eigenvalue weighted by Gasteiger charge is -2.39. The van der Waals surface area contributed by atoms with E-state index in [-0.39, 0.29) is 51.3 Å². The van der Waals surface area contributed by atoms with Crippen LogP contribution in [0, 0.1) is 0 Å². The molecular formula is C40H36N2O10. The summed E-state index contributed by atoms with van der Waals surface area (Å²) in [5, 5.41) is 45.3. The summed E-state index contributed by atoms with van der Waals surface area (Å²) in [4.78, 5) is 41.3. The summed E-state index contributed by atoms with van der Waals surface area (Å²) < 4.78 is 17.4. The zero-order valence-electron chi connectivity index (χ0n) is 28.1. The van der Waals surface area contributed by atoms with Crippen LogP contribution < -0.4 is 20.9 Å². The number of ether oxygens (including phenoxy) is 3. The molecule has 5 aromatic rings. The second-order valence-electron chi connectivity index (χ2n) is 13.0. The Morgan fingerprint density at radius 1 is 0.788 bits per heavy atom. The fourth-order valence-corrected chi connectivity index (χ4v) is 6.87. The van der Waals surface area contributed by atoms with Gasteiger partial charge in [0.15, 0.2) is 11.6 Å². The van der Waals surface area contributed by atoms with Crippen LogP contribution in [0.3, 0.4) is 0 Å². The number of nitrogens with two attached hydrogens (primary N) is 2. The van der Waals surface area contributed by atoms with Gasteiger partial charge in [-0.25, -0.2) is 0 Å². The highest BCUT2D eigenvalue weighted by atomic mass is 16.7. The SMILES string of the molecule is CC(=O)Oc1ccc2c(c1-c1ccc3ccccc3c1)C(=O)c1cc(OC3OC(C)C(O)C(O)C3O)c(Cc3cccc(C(N)N)c3)c(O)c1C2=O. The number of carbonyl (C=O) groups is 3. The van der Waals surface area contributed by atoms with E-state index in [1.54, 1.807) is 30.3 Å². The number of aliphatic hydroxyl groups is 3. The van der Waals surface area contributed by atoms with Crippen molar-refractivity contribution in [3.05, 3.63) is 124 Å². The molecule has 5 unspecified atom stereocenters. The molecule has 1 heterocycles. The van der Waals surface area contributed by atoms with E-state index in [1.807, 2.05) is 36.4 Å². The molecule has 1 saturated heterocycles. The molecule has 0 radical (unpaired) electrons. The van der Waals surface area contributed by atoms with E-state index in [0.717, 1.165) is 10.8 Å². The van der Waals surface area contributed by atoms with Crippen molar-refractivity contribution in [2.24, 2.45) is 11.5 Å². The van der Waals surface area contributed by atoms with Crippen LogP contribution in [0.25, 0.3) is 21.9 Å². The van der Waals surface area contributed by atoms with Gasteiger partial charge in [0.25, 0.3) is 0 Å². The van der Waals surface area contributed by atoms with Crippen molar-refractivity contribution in [3.63, 3.8) is 0 Å². The number of rotatable bonds is 7. The first-order chi connectivity index (χ1) is 24.8. The Bertz CT molecular complexity index is 2270. The highest BCUT2D eigenvalue weighted by Crippen LogP contribution is 2.46. The maximum atomic E-state index is 14.7. The largest absolute Gasteiger partial charge is 0.507 e. The van der Waals surface area contributed by atoms with Crippen LogP contribution >= 0.6 is 0 Å². The minimum Gasteiger partial charge on any atom is -0.507 e. The summed E-state index contributed by atoms with van der Waals surface area (Å²) in [5.74, 6) is -2.59. The predicted molar refractivity (Wildman–Crippen MR) is 189 cm³/mol. The molecule has 0 spiro atoms. The number of ketones is 2. The molecule has 0 bridgehead atoms. The van der Waals surface area contributed by atoms with Crippen LogP contribution in [0.15, 0.2) is 84.9 Å². The molecule has 0 aromatic heterocycles. The Labute approximate surface area is 297 Å². The smallest absolute Gasteiger partial charge is 0.308 e. The van der Waals surface area contributed by atoms with Crippen molar-refractivity contribution in [2.75, 3.05) is 0 Å². The molecule has 2 aliphatic rings. The van der Waals surface area contributed by atoms with Crippen molar-refractivity contribution in [3.8, 4) is 28.4 Å². The Balaban J connectivity index is 1.42. The zero-order chi connectivity index (χ0) is 37.0. The topological polar surface area (TPSA) is 212 Å². The van der Waals surface area contributed by atoms with Crippen LogP contribution in [-0.2, 0) is 16.0 Å². The summed E-state index contributed by atoms with van der Waals surface area (Å²) in [7, 11) is 0. The molecule has 0 amide bonds. The number of aromatic hydroxyl groups is 1. The molecule has 1 aliphatic heterocycles. The van der Waals surface area contributed by atoms with Gasteiger partial charge in [-0.2, -0.15) is 0 Å². The molecule has 12 nitrogen and oxygen atoms in total. The molecule has 1 aliphatic carbocycles. The first kappa shape index (κ1) is 35.0. The Hall–Kier alpha value is -5.47. The minimum absolute atomic E-state index is 0.0143. The first-order valence-electron chi connectivity index (χ1n) is 16.6. The van der Waals surface area contributed by atoms with Crippen molar-refractivity contribution in [1.82, 2.24) is 0 Å². The summed E-state index contributed by atoms with van der Waals surface area (Å²) in [6.07, 6.45) is -8.10. The van der Waals surface area contributed by atoms with E-state index in [1.165, 1.54) is 32.0 Å². The number of hydrogen-bond acceptors (Lipinski definition) is 12. The Kier molecular flexibility index (Phi) is 9.13. The second-order valence-corrected chi connectivity index (χ2v) is 13.0. The third-order valence-electron chi connectivity index (χ3n) is 9.54. The third-order valence-corrected chi connectivity index (χ3v) is 9.54. The number of phenols is 1. The average molecular weight is 705 g/mol. The molecule has 266 valence electrons. The monoisotopic (exact) mass is 704 g/mol. The molecule has 0 saturated carbocycles. The first-order valence-corrected chi connectivity index (χ1v) is 16.6. The molecule has 1 fully saturated rings. The standard InChI is InChI=1S/C40H36N2O10/c1-18-33(44)37(48)38(49)40(50-18)52-29-17-27-32(35(46)26(29)15-20-6-5-9-24(14-20)39(41)42)34(45)25-12-13-28(51-19(2)43)30(31(25)36(27)47)23-11-10-21-7-3-4-8-22(21)16-23/h3-14,16-18,33,37-40,44,46,48-49H,15,41-42H2,1-2H3. The van der Waals surface area contributed by atoms with E-state index in [4.69, 9.17) is 25.7 Å². The normalized spacial score (nSPS) is 21.2. The van der Waals surface area contributed by atoms with Crippen LogP contribution in [0.5, 0.6) is 17.2 Å². The van der Waals surface area contributed by atoms with Gasteiger partial charge in [-0.15, -0.1) is 0 Å². The lowest BCUT2D eigenvalue weighted by Crippen LogP contribution is -2.58. The Morgan fingerprint density at radius 2 is 1.52 bits per heavy atom. The quantitative estimate of drug-likeness (QED) is 0.0799. The lowest BCUT2D eigenvalue weighted by molar-refractivity contribution is -0.268. The van der Waals surface area contributed by atoms with E-state index in [9.17, 15) is 34.8 Å². The van der Waals surface area contributed by atoms with Crippen LogP contribution in [0.2, 0.25) is 0 Å². The van der Waals surface area contributed by atoms with E-state index >= 15 is 0 Å². The van der Waals surface area contributed by atoms with Crippen LogP contribution in [0.4, 0.5) is 0 Å². The van der Waals surface area contributed by atoms with Crippen molar-refractivity contribution >= 4 is 28.3 Å². The number of carbonyl (C=O) groups excluding carboxylic acids is 3. The maximum absolute atomic E-state index is 14.7. The van der Waals surface area contributed by atoms with Gasteiger partial charge in [-0.3, -0.25) is 14.4 Å². The van der Waals surface area contributed by atoms with E-state index in [0.29, 0.717) is 16.7 Å². The van der Waals surface area contributed by atoms with Gasteiger partial charge in [0.05, 0.1) is 17.8 Å². The van der Waals surface area contributed by atoms with E-state index < -0.39 is 60.2 Å². The minimum atomic E-state index is -1.72. The number of aliphatic hydroxyl groups excluding tert-OH is 3. The van der Waals surface area contributed by atoms with Crippen molar-refractivity contribution < 1.29 is 49.0 Å². The summed E-state index contributed by atoms with van der Waals surface area (Å²) in [5.41, 5.74) is 13.3. The average Bonchev–Trinajstić information content (AvgIpc) is 3.12. The lowest BCUT2D eigenvalue weighted by atomic mass is 9.78. The summed E-state index contributed by atoms with van der Waals surface area (Å²) >= 11 is 0. The van der Waals surface area contributed by atoms with Gasteiger partial charge >= 0.3 is 5.97 Å². The van der Waals surface area contributed by atoms with Gasteiger partial charge in [-0.05, 0) is 58.7 Å². The second kappa shape index (κ2) is 13.6. The number of hydrogen-bond donors (Lipinski definition) is 6. The van der Waals surface area contributed by atoms with Crippen LogP contribution in [-0.4, -0.2) is 68.7 Å². The highest BCUT2D eigenvalue weighted by Gasteiger charge is 2.44. The highest BCUT2D eigenvalue weighted by molar-refractivity contribution is 6.32. The third kappa shape index (κ3) is 6.11. The fraction of sp³-hybridized carbons (Fsp3) is 0.225. The molecule has 8 N–H and O–H groups in total. The number of fused-ring (bicyclic) bond motifs is 3. The Morgan fingerprint density at radius 3 is 2.25 bits per heavy atom. The molecule has 7 rings (SSSR count). The van der Waals surface area contributed by atoms with E-state index in [2.05, 4.69) is 0 Å². The molecule has 5 aromatic carbocycles. The zero-order valence-corrected chi connectivity index (χ0v) is 28.1. The number of benzene rings is 5. The van der Waals surface area contributed by atoms with Gasteiger partial charge < -0.3 is 46.1 Å². The molecule has 5 atom stereocenters.